The van der Waals surface area contributed by atoms with Crippen molar-refractivity contribution in [3.63, 3.8) is 0 Å². The Kier molecular flexibility index (Phi) is 4.91. The number of anilines is 1. The molecule has 0 fully saturated rings. The molecule has 0 unspecified atom stereocenters. The van der Waals surface area contributed by atoms with Crippen LogP contribution in [-0.4, -0.2) is 17.8 Å². The Bertz CT molecular complexity index is 690. The van der Waals surface area contributed by atoms with E-state index >= 15 is 0 Å². The van der Waals surface area contributed by atoms with Gasteiger partial charge in [-0.3, -0.25) is 5.32 Å². The average molecular weight is 285 g/mol. The zero-order chi connectivity index (χ0) is 15.1. The molecule has 21 heavy (non-hydrogen) atoms. The van der Waals surface area contributed by atoms with Gasteiger partial charge in [0.1, 0.15) is 18.2 Å². The van der Waals surface area contributed by atoms with Gasteiger partial charge in [0.05, 0.1) is 5.69 Å². The first kappa shape index (κ1) is 14.6. The van der Waals surface area contributed by atoms with E-state index in [-0.39, 0.29) is 12.3 Å². The van der Waals surface area contributed by atoms with Gasteiger partial charge in [-0.15, -0.1) is 0 Å². The molecule has 0 bridgehead atoms. The van der Waals surface area contributed by atoms with E-state index < -0.39 is 11.9 Å². The Balaban J connectivity index is 2.04. The second-order valence-electron chi connectivity index (χ2n) is 3.98. The lowest BCUT2D eigenvalue weighted by molar-refractivity contribution is 0.215. The molecule has 0 saturated heterocycles. The van der Waals surface area contributed by atoms with Gasteiger partial charge in [0.25, 0.3) is 0 Å². The zero-order valence-corrected chi connectivity index (χ0v) is 11.0. The van der Waals surface area contributed by atoms with Crippen LogP contribution in [0.1, 0.15) is 5.56 Å². The number of carbonyl (C=O) groups excluding carboxylic acids is 1. The molecule has 2 rings (SSSR count). The molecule has 2 aromatic rings. The molecule has 0 spiro atoms. The molecule has 1 amide bonds. The maximum atomic E-state index is 13.8. The van der Waals surface area contributed by atoms with Crippen LogP contribution in [0.4, 0.5) is 14.9 Å². The van der Waals surface area contributed by atoms with Crippen molar-refractivity contribution in [3.05, 3.63) is 59.9 Å². The highest BCUT2D eigenvalue weighted by molar-refractivity contribution is 5.86. The van der Waals surface area contributed by atoms with Gasteiger partial charge in [0, 0.05) is 5.56 Å². The van der Waals surface area contributed by atoms with E-state index in [9.17, 15) is 9.18 Å². The highest BCUT2D eigenvalue weighted by atomic mass is 19.1. The van der Waals surface area contributed by atoms with E-state index in [2.05, 4.69) is 17.2 Å². The molecule has 5 heteroatoms. The van der Waals surface area contributed by atoms with E-state index in [0.29, 0.717) is 11.3 Å². The smallest absolute Gasteiger partial charge is 0.410 e. The number of hydrogen-bond acceptors (Lipinski definition) is 3. The SMILES string of the molecule is O=C(Nc1ccc(C#CCO)cc1F)Oc1ccccc1. The van der Waals surface area contributed by atoms with Gasteiger partial charge >= 0.3 is 6.09 Å². The van der Waals surface area contributed by atoms with Gasteiger partial charge in [-0.05, 0) is 30.3 Å². The van der Waals surface area contributed by atoms with E-state index in [0.717, 1.165) is 0 Å². The summed E-state index contributed by atoms with van der Waals surface area (Å²) < 4.78 is 18.8. The predicted octanol–water partition coefficient (Wildman–Crippen LogP) is 2.78. The lowest BCUT2D eigenvalue weighted by atomic mass is 10.2. The Hall–Kier alpha value is -2.84. The summed E-state index contributed by atoms with van der Waals surface area (Å²) >= 11 is 0. The third kappa shape index (κ3) is 4.34. The molecule has 4 nitrogen and oxygen atoms in total. The van der Waals surface area contributed by atoms with Crippen molar-refractivity contribution in [2.24, 2.45) is 0 Å². The molecular formula is C16H12FNO3. The van der Waals surface area contributed by atoms with Crippen LogP contribution >= 0.6 is 0 Å². The molecule has 2 N–H and O–H groups in total. The molecule has 0 aliphatic carbocycles. The first-order valence-electron chi connectivity index (χ1n) is 6.12. The quantitative estimate of drug-likeness (QED) is 0.834. The molecule has 2 aromatic carbocycles. The number of para-hydroxylation sites is 1. The largest absolute Gasteiger partial charge is 0.417 e. The molecule has 0 aliphatic rings. The van der Waals surface area contributed by atoms with E-state index in [4.69, 9.17) is 9.84 Å². The van der Waals surface area contributed by atoms with Gasteiger partial charge in [-0.25, -0.2) is 9.18 Å². The number of carbonyl (C=O) groups is 1. The number of benzene rings is 2. The fourth-order valence-corrected chi connectivity index (χ4v) is 1.57. The van der Waals surface area contributed by atoms with Crippen molar-refractivity contribution in [2.45, 2.75) is 0 Å². The minimum Gasteiger partial charge on any atom is -0.410 e. The third-order valence-electron chi connectivity index (χ3n) is 2.47. The summed E-state index contributed by atoms with van der Waals surface area (Å²) in [6.07, 6.45) is -0.783. The highest BCUT2D eigenvalue weighted by Gasteiger charge is 2.09. The highest BCUT2D eigenvalue weighted by Crippen LogP contribution is 2.16. The van der Waals surface area contributed by atoms with Gasteiger partial charge in [0.2, 0.25) is 0 Å². The van der Waals surface area contributed by atoms with Gasteiger partial charge in [0.15, 0.2) is 0 Å². The number of rotatable bonds is 2. The Labute approximate surface area is 121 Å². The molecule has 0 aliphatic heterocycles. The van der Waals surface area contributed by atoms with Crippen molar-refractivity contribution >= 4 is 11.8 Å². The molecule has 0 atom stereocenters. The van der Waals surface area contributed by atoms with Crippen molar-refractivity contribution in [1.82, 2.24) is 0 Å². The Morgan fingerprint density at radius 1 is 1.24 bits per heavy atom. The van der Waals surface area contributed by atoms with E-state index in [1.54, 1.807) is 30.3 Å². The Morgan fingerprint density at radius 3 is 2.67 bits per heavy atom. The molecule has 0 radical (unpaired) electrons. The van der Waals surface area contributed by atoms with Gasteiger partial charge in [-0.1, -0.05) is 30.0 Å². The van der Waals surface area contributed by atoms with Gasteiger partial charge in [-0.2, -0.15) is 0 Å². The lowest BCUT2D eigenvalue weighted by Crippen LogP contribution is -2.17. The van der Waals surface area contributed by atoms with Crippen LogP contribution in [0, 0.1) is 17.7 Å². The van der Waals surface area contributed by atoms with Crippen LogP contribution in [-0.2, 0) is 0 Å². The summed E-state index contributed by atoms with van der Waals surface area (Å²) in [7, 11) is 0. The molecule has 0 aromatic heterocycles. The topological polar surface area (TPSA) is 58.6 Å². The number of hydrogen-bond donors (Lipinski definition) is 2. The van der Waals surface area contributed by atoms with Crippen molar-refractivity contribution in [1.29, 1.82) is 0 Å². The fraction of sp³-hybridized carbons (Fsp3) is 0.0625. The van der Waals surface area contributed by atoms with Crippen molar-refractivity contribution < 1.29 is 19.0 Å². The van der Waals surface area contributed by atoms with Crippen molar-refractivity contribution in [2.75, 3.05) is 11.9 Å². The molecule has 0 saturated carbocycles. The average Bonchev–Trinajstić information content (AvgIpc) is 2.48. The maximum Gasteiger partial charge on any atom is 0.417 e. The summed E-state index contributed by atoms with van der Waals surface area (Å²) in [5.41, 5.74) is 0.397. The van der Waals surface area contributed by atoms with Crippen LogP contribution in [0.2, 0.25) is 0 Å². The number of nitrogens with one attached hydrogen (secondary N) is 1. The van der Waals surface area contributed by atoms with Crippen LogP contribution < -0.4 is 10.1 Å². The first-order valence-corrected chi connectivity index (χ1v) is 6.12. The predicted molar refractivity (Wildman–Crippen MR) is 76.5 cm³/mol. The number of halogens is 1. The number of ether oxygens (including phenoxy) is 1. The molecule has 0 heterocycles. The zero-order valence-electron chi connectivity index (χ0n) is 11.0. The summed E-state index contributed by atoms with van der Waals surface area (Å²) in [4.78, 5) is 11.6. The van der Waals surface area contributed by atoms with Gasteiger partial charge < -0.3 is 9.84 Å². The number of aliphatic hydroxyl groups excluding tert-OH is 1. The monoisotopic (exact) mass is 285 g/mol. The number of amides is 1. The number of aliphatic hydroxyl groups is 1. The summed E-state index contributed by atoms with van der Waals surface area (Å²) in [5, 5.41) is 10.9. The van der Waals surface area contributed by atoms with Crippen molar-refractivity contribution in [3.8, 4) is 17.6 Å². The first-order chi connectivity index (χ1) is 10.2. The minimum absolute atomic E-state index is 0.00882. The minimum atomic E-state index is -0.783. The van der Waals surface area contributed by atoms with Crippen LogP contribution in [0.15, 0.2) is 48.5 Å². The van der Waals surface area contributed by atoms with Crippen LogP contribution in [0.5, 0.6) is 5.75 Å². The standard InChI is InChI=1S/C16H12FNO3/c17-14-11-12(5-4-10-19)8-9-15(14)18-16(20)21-13-6-2-1-3-7-13/h1-3,6-9,11,19H,10H2,(H,18,20). The maximum absolute atomic E-state index is 13.8. The molecular weight excluding hydrogens is 273 g/mol. The van der Waals surface area contributed by atoms with E-state index in [1.165, 1.54) is 18.2 Å². The second-order valence-corrected chi connectivity index (χ2v) is 3.98. The third-order valence-corrected chi connectivity index (χ3v) is 2.47. The van der Waals surface area contributed by atoms with Crippen LogP contribution in [0.3, 0.4) is 0 Å². The molecule has 106 valence electrons. The Morgan fingerprint density at radius 2 is 2.00 bits per heavy atom. The normalized spacial score (nSPS) is 9.43. The van der Waals surface area contributed by atoms with Crippen LogP contribution in [0.25, 0.3) is 0 Å². The summed E-state index contributed by atoms with van der Waals surface area (Å²) in [6, 6.07) is 12.5. The summed E-state index contributed by atoms with van der Waals surface area (Å²) in [5.74, 6) is 4.71. The van der Waals surface area contributed by atoms with E-state index in [1.807, 2.05) is 0 Å². The second kappa shape index (κ2) is 7.08. The fourth-order valence-electron chi connectivity index (χ4n) is 1.57. The summed E-state index contributed by atoms with van der Waals surface area (Å²) in [6.45, 7) is -0.301. The lowest BCUT2D eigenvalue weighted by Gasteiger charge is -2.07.